The van der Waals surface area contributed by atoms with Gasteiger partial charge in [-0.05, 0) is 35.9 Å². The third-order valence-corrected chi connectivity index (χ3v) is 7.18. The summed E-state index contributed by atoms with van der Waals surface area (Å²) in [7, 11) is 1.62. The number of Topliss-reactive ketones (excluding diaryl/α,β-unsaturated/α-hetero) is 1. The highest BCUT2D eigenvalue weighted by Gasteiger charge is 2.17. The Bertz CT molecular complexity index is 1410. The molecule has 0 radical (unpaired) electrons. The molecule has 0 unspecified atom stereocenters. The lowest BCUT2D eigenvalue weighted by Gasteiger charge is -2.29. The molecule has 1 aliphatic rings. The highest BCUT2D eigenvalue weighted by molar-refractivity contribution is 7.99. The van der Waals surface area contributed by atoms with Gasteiger partial charge in [-0.3, -0.25) is 14.2 Å². The number of benzene rings is 3. The van der Waals surface area contributed by atoms with Crippen LogP contribution in [0.15, 0.2) is 82.7 Å². The molecule has 1 aliphatic heterocycles. The standard InChI is InChI=1S/C28H27N3O4S/c1-34-23-10-7-20(8-11-23)18-31-27(33)24-17-22(30-13-15-35-16-14-30)9-12-25(24)29-28(31)36-19-26(32)21-5-3-2-4-6-21/h2-12,17H,13-16,18-19H2,1H3. The van der Waals surface area contributed by atoms with Gasteiger partial charge < -0.3 is 14.4 Å². The third kappa shape index (κ3) is 5.29. The van der Waals surface area contributed by atoms with Crippen LogP contribution in [0.1, 0.15) is 15.9 Å². The first-order chi connectivity index (χ1) is 17.6. The Labute approximate surface area is 213 Å². The van der Waals surface area contributed by atoms with E-state index in [0.717, 1.165) is 30.1 Å². The first-order valence-corrected chi connectivity index (χ1v) is 12.8. The zero-order valence-corrected chi connectivity index (χ0v) is 20.9. The molecule has 2 heterocycles. The second-order valence-electron chi connectivity index (χ2n) is 8.51. The Morgan fingerprint density at radius 2 is 1.78 bits per heavy atom. The first kappa shape index (κ1) is 24.1. The molecule has 184 valence electrons. The predicted octanol–water partition coefficient (Wildman–Crippen LogP) is 4.27. The summed E-state index contributed by atoms with van der Waals surface area (Å²) in [6.07, 6.45) is 0. The van der Waals surface area contributed by atoms with Gasteiger partial charge in [0.2, 0.25) is 0 Å². The number of aromatic nitrogens is 2. The van der Waals surface area contributed by atoms with Crippen LogP contribution >= 0.6 is 11.8 Å². The van der Waals surface area contributed by atoms with Crippen molar-refractivity contribution in [2.45, 2.75) is 11.7 Å². The lowest BCUT2D eigenvalue weighted by atomic mass is 10.2. The maximum Gasteiger partial charge on any atom is 0.262 e. The molecule has 1 aromatic heterocycles. The number of hydrogen-bond acceptors (Lipinski definition) is 7. The number of carbonyl (C=O) groups is 1. The van der Waals surface area contributed by atoms with Gasteiger partial charge in [-0.25, -0.2) is 4.98 Å². The van der Waals surface area contributed by atoms with Crippen molar-refractivity contribution in [3.63, 3.8) is 0 Å². The zero-order valence-electron chi connectivity index (χ0n) is 20.1. The molecule has 8 heteroatoms. The minimum absolute atomic E-state index is 0.00592. The van der Waals surface area contributed by atoms with Gasteiger partial charge in [0, 0.05) is 24.3 Å². The second kappa shape index (κ2) is 11.0. The van der Waals surface area contributed by atoms with Crippen molar-refractivity contribution in [3.8, 4) is 5.75 Å². The van der Waals surface area contributed by atoms with E-state index >= 15 is 0 Å². The Morgan fingerprint density at radius 1 is 1.03 bits per heavy atom. The number of ether oxygens (including phenoxy) is 2. The molecule has 36 heavy (non-hydrogen) atoms. The topological polar surface area (TPSA) is 73.7 Å². The van der Waals surface area contributed by atoms with Crippen molar-refractivity contribution in [1.29, 1.82) is 0 Å². The Hall–Kier alpha value is -3.62. The van der Waals surface area contributed by atoms with Crippen LogP contribution < -0.4 is 15.2 Å². The summed E-state index contributed by atoms with van der Waals surface area (Å²) < 4.78 is 12.4. The lowest BCUT2D eigenvalue weighted by molar-refractivity contribution is 0.102. The fraction of sp³-hybridized carbons (Fsp3) is 0.250. The smallest absolute Gasteiger partial charge is 0.262 e. The predicted molar refractivity (Wildman–Crippen MR) is 143 cm³/mol. The average molecular weight is 502 g/mol. The molecular formula is C28H27N3O4S. The highest BCUT2D eigenvalue weighted by atomic mass is 32.2. The Balaban J connectivity index is 1.51. The van der Waals surface area contributed by atoms with E-state index in [9.17, 15) is 9.59 Å². The summed E-state index contributed by atoms with van der Waals surface area (Å²) in [6.45, 7) is 3.25. The molecule has 0 atom stereocenters. The van der Waals surface area contributed by atoms with Crippen LogP contribution in [0.25, 0.3) is 10.9 Å². The minimum atomic E-state index is -0.124. The fourth-order valence-electron chi connectivity index (χ4n) is 4.21. The normalized spacial score (nSPS) is 13.6. The van der Waals surface area contributed by atoms with Gasteiger partial charge in [0.15, 0.2) is 10.9 Å². The quantitative estimate of drug-likeness (QED) is 0.203. The van der Waals surface area contributed by atoms with E-state index in [1.54, 1.807) is 23.8 Å². The first-order valence-electron chi connectivity index (χ1n) is 11.8. The van der Waals surface area contributed by atoms with E-state index in [2.05, 4.69) is 4.90 Å². The summed E-state index contributed by atoms with van der Waals surface area (Å²) in [4.78, 5) is 33.6. The van der Waals surface area contributed by atoms with E-state index in [1.807, 2.05) is 60.7 Å². The van der Waals surface area contributed by atoms with E-state index in [0.29, 0.717) is 41.4 Å². The van der Waals surface area contributed by atoms with Crippen molar-refractivity contribution in [3.05, 3.63) is 94.3 Å². The largest absolute Gasteiger partial charge is 0.497 e. The summed E-state index contributed by atoms with van der Waals surface area (Å²) >= 11 is 1.29. The third-order valence-electron chi connectivity index (χ3n) is 6.21. The molecular weight excluding hydrogens is 474 g/mol. The number of carbonyl (C=O) groups excluding carboxylic acids is 1. The average Bonchev–Trinajstić information content (AvgIpc) is 2.94. The van der Waals surface area contributed by atoms with Crippen molar-refractivity contribution in [2.75, 3.05) is 44.1 Å². The molecule has 1 fully saturated rings. The summed E-state index contributed by atoms with van der Waals surface area (Å²) in [5.41, 5.74) is 3.07. The number of nitrogens with zero attached hydrogens (tertiary/aromatic N) is 3. The second-order valence-corrected chi connectivity index (χ2v) is 9.45. The van der Waals surface area contributed by atoms with Crippen LogP contribution in [0.5, 0.6) is 5.75 Å². The Kier molecular flexibility index (Phi) is 7.34. The molecule has 0 bridgehead atoms. The number of fused-ring (bicyclic) bond motifs is 1. The molecule has 0 saturated carbocycles. The number of hydrogen-bond donors (Lipinski definition) is 0. The molecule has 1 saturated heterocycles. The monoisotopic (exact) mass is 501 g/mol. The van der Waals surface area contributed by atoms with Crippen LogP contribution in [0.4, 0.5) is 5.69 Å². The number of ketones is 1. The summed E-state index contributed by atoms with van der Waals surface area (Å²) in [5, 5.41) is 1.08. The van der Waals surface area contributed by atoms with E-state index < -0.39 is 0 Å². The zero-order chi connectivity index (χ0) is 24.9. The number of morpholine rings is 1. The van der Waals surface area contributed by atoms with Crippen LogP contribution in [0, 0.1) is 0 Å². The maximum atomic E-state index is 13.8. The lowest BCUT2D eigenvalue weighted by Crippen LogP contribution is -2.36. The fourth-order valence-corrected chi connectivity index (χ4v) is 5.10. The van der Waals surface area contributed by atoms with Crippen molar-refractivity contribution in [2.24, 2.45) is 0 Å². The van der Waals surface area contributed by atoms with E-state index in [4.69, 9.17) is 14.5 Å². The van der Waals surface area contributed by atoms with Gasteiger partial charge in [-0.15, -0.1) is 0 Å². The molecule has 0 spiro atoms. The molecule has 0 N–H and O–H groups in total. The van der Waals surface area contributed by atoms with Gasteiger partial charge in [0.1, 0.15) is 5.75 Å². The highest BCUT2D eigenvalue weighted by Crippen LogP contribution is 2.24. The molecule has 4 aromatic rings. The van der Waals surface area contributed by atoms with Gasteiger partial charge in [-0.2, -0.15) is 0 Å². The summed E-state index contributed by atoms with van der Waals surface area (Å²) in [6, 6.07) is 22.6. The molecule has 0 amide bonds. The van der Waals surface area contributed by atoms with Crippen molar-refractivity contribution in [1.82, 2.24) is 9.55 Å². The molecule has 5 rings (SSSR count). The molecule has 7 nitrogen and oxygen atoms in total. The Morgan fingerprint density at radius 3 is 2.50 bits per heavy atom. The van der Waals surface area contributed by atoms with Crippen molar-refractivity contribution < 1.29 is 14.3 Å². The van der Waals surface area contributed by atoms with E-state index in [1.165, 1.54) is 11.8 Å². The maximum absolute atomic E-state index is 13.8. The number of thioether (sulfide) groups is 1. The van der Waals surface area contributed by atoms with Gasteiger partial charge in [0.25, 0.3) is 5.56 Å². The molecule has 3 aromatic carbocycles. The van der Waals surface area contributed by atoms with Crippen LogP contribution in [-0.2, 0) is 11.3 Å². The molecule has 0 aliphatic carbocycles. The van der Waals surface area contributed by atoms with Crippen LogP contribution in [0.2, 0.25) is 0 Å². The van der Waals surface area contributed by atoms with Gasteiger partial charge in [0.05, 0.1) is 43.5 Å². The SMILES string of the molecule is COc1ccc(Cn2c(SCC(=O)c3ccccc3)nc3ccc(N4CCOCC4)cc3c2=O)cc1. The van der Waals surface area contributed by atoms with Gasteiger partial charge >= 0.3 is 0 Å². The summed E-state index contributed by atoms with van der Waals surface area (Å²) in [5.74, 6) is 0.936. The number of methoxy groups -OCH3 is 1. The van der Waals surface area contributed by atoms with Gasteiger partial charge in [-0.1, -0.05) is 54.2 Å². The van der Waals surface area contributed by atoms with Crippen LogP contribution in [0.3, 0.4) is 0 Å². The number of rotatable bonds is 8. The minimum Gasteiger partial charge on any atom is -0.497 e. The van der Waals surface area contributed by atoms with E-state index in [-0.39, 0.29) is 17.1 Å². The van der Waals surface area contributed by atoms with Crippen LogP contribution in [-0.4, -0.2) is 54.5 Å². The van der Waals surface area contributed by atoms with Crippen molar-refractivity contribution >= 4 is 34.1 Å². The number of anilines is 1.